The number of benzene rings is 1. The van der Waals surface area contributed by atoms with Gasteiger partial charge in [-0.15, -0.1) is 0 Å². The van der Waals surface area contributed by atoms with E-state index in [-0.39, 0.29) is 0 Å². The number of piperidine rings is 1. The second kappa shape index (κ2) is 6.52. The third kappa shape index (κ3) is 3.36. The average Bonchev–Trinajstić information content (AvgIpc) is 2.98. The van der Waals surface area contributed by atoms with Crippen LogP contribution >= 0.6 is 0 Å². The van der Waals surface area contributed by atoms with Gasteiger partial charge in [0.05, 0.1) is 12.5 Å². The van der Waals surface area contributed by atoms with E-state index in [1.165, 1.54) is 6.42 Å². The van der Waals surface area contributed by atoms with Crippen LogP contribution in [0.5, 0.6) is 5.75 Å². The standard InChI is InChI=1S/C15H19N3O2/c1-2-6-13(7-3-1)19-10-8-14-17-15(20-18-14)12-5-4-9-16-11-12/h1-3,6-7,12,16H,4-5,8-11H2/t12-/m1/s1. The molecule has 1 saturated heterocycles. The summed E-state index contributed by atoms with van der Waals surface area (Å²) in [4.78, 5) is 4.47. The normalized spacial score (nSPS) is 18.9. The highest BCUT2D eigenvalue weighted by Gasteiger charge is 2.21. The van der Waals surface area contributed by atoms with E-state index in [9.17, 15) is 0 Å². The van der Waals surface area contributed by atoms with Gasteiger partial charge in [-0.2, -0.15) is 4.98 Å². The Bertz CT molecular complexity index is 521. The summed E-state index contributed by atoms with van der Waals surface area (Å²) < 4.78 is 11.0. The first-order valence-corrected chi connectivity index (χ1v) is 7.13. The van der Waals surface area contributed by atoms with Crippen LogP contribution in [0.25, 0.3) is 0 Å². The largest absolute Gasteiger partial charge is 0.493 e. The van der Waals surface area contributed by atoms with Gasteiger partial charge in [-0.05, 0) is 31.5 Å². The smallest absolute Gasteiger partial charge is 0.231 e. The van der Waals surface area contributed by atoms with Crippen LogP contribution < -0.4 is 10.1 Å². The Morgan fingerprint density at radius 1 is 1.30 bits per heavy atom. The lowest BCUT2D eigenvalue weighted by Crippen LogP contribution is -2.28. The molecule has 1 atom stereocenters. The molecule has 1 N–H and O–H groups in total. The Labute approximate surface area is 118 Å². The number of ether oxygens (including phenoxy) is 1. The molecule has 0 amide bonds. The lowest BCUT2D eigenvalue weighted by atomic mass is 10.00. The van der Waals surface area contributed by atoms with Crippen LogP contribution in [-0.4, -0.2) is 29.8 Å². The lowest BCUT2D eigenvalue weighted by Gasteiger charge is -2.18. The number of para-hydroxylation sites is 1. The van der Waals surface area contributed by atoms with Crippen molar-refractivity contribution in [3.63, 3.8) is 0 Å². The summed E-state index contributed by atoms with van der Waals surface area (Å²) in [6, 6.07) is 9.76. The van der Waals surface area contributed by atoms with Gasteiger partial charge in [0, 0.05) is 13.0 Å². The molecule has 1 aliphatic rings. The zero-order valence-corrected chi connectivity index (χ0v) is 11.4. The van der Waals surface area contributed by atoms with Crippen molar-refractivity contribution >= 4 is 0 Å². The second-order valence-electron chi connectivity index (χ2n) is 5.00. The molecular formula is C15H19N3O2. The second-order valence-corrected chi connectivity index (χ2v) is 5.00. The monoisotopic (exact) mass is 273 g/mol. The first kappa shape index (κ1) is 13.1. The highest BCUT2D eigenvalue weighted by atomic mass is 16.5. The summed E-state index contributed by atoms with van der Waals surface area (Å²) in [5.74, 6) is 2.71. The molecule has 106 valence electrons. The molecule has 3 rings (SSSR count). The van der Waals surface area contributed by atoms with Crippen LogP contribution in [0.2, 0.25) is 0 Å². The topological polar surface area (TPSA) is 60.2 Å². The van der Waals surface area contributed by atoms with Crippen molar-refractivity contribution in [2.24, 2.45) is 0 Å². The molecule has 0 aliphatic carbocycles. The van der Waals surface area contributed by atoms with E-state index in [0.29, 0.717) is 18.9 Å². The zero-order valence-electron chi connectivity index (χ0n) is 11.4. The lowest BCUT2D eigenvalue weighted by molar-refractivity contribution is 0.306. The fraction of sp³-hybridized carbons (Fsp3) is 0.467. The Morgan fingerprint density at radius 3 is 3.00 bits per heavy atom. The van der Waals surface area contributed by atoms with Gasteiger partial charge in [0.15, 0.2) is 5.82 Å². The molecule has 1 aromatic heterocycles. The van der Waals surface area contributed by atoms with Gasteiger partial charge in [-0.25, -0.2) is 0 Å². The molecule has 20 heavy (non-hydrogen) atoms. The van der Waals surface area contributed by atoms with Crippen LogP contribution in [0.4, 0.5) is 0 Å². The van der Waals surface area contributed by atoms with Crippen molar-refractivity contribution in [2.45, 2.75) is 25.2 Å². The van der Waals surface area contributed by atoms with E-state index < -0.39 is 0 Å². The summed E-state index contributed by atoms with van der Waals surface area (Å²) in [7, 11) is 0. The van der Waals surface area contributed by atoms with Crippen LogP contribution in [0, 0.1) is 0 Å². The van der Waals surface area contributed by atoms with Crippen molar-refractivity contribution in [1.82, 2.24) is 15.5 Å². The molecule has 0 saturated carbocycles. The van der Waals surface area contributed by atoms with E-state index in [2.05, 4.69) is 15.5 Å². The van der Waals surface area contributed by atoms with Gasteiger partial charge in [0.2, 0.25) is 5.89 Å². The number of nitrogens with one attached hydrogen (secondary N) is 1. The number of hydrogen-bond donors (Lipinski definition) is 1. The molecule has 1 aliphatic heterocycles. The highest BCUT2D eigenvalue weighted by molar-refractivity contribution is 5.20. The average molecular weight is 273 g/mol. The third-order valence-corrected chi connectivity index (χ3v) is 3.47. The van der Waals surface area contributed by atoms with E-state index in [0.717, 1.165) is 37.0 Å². The van der Waals surface area contributed by atoms with E-state index in [1.807, 2.05) is 30.3 Å². The Kier molecular flexibility index (Phi) is 4.28. The van der Waals surface area contributed by atoms with Crippen molar-refractivity contribution in [1.29, 1.82) is 0 Å². The van der Waals surface area contributed by atoms with Crippen molar-refractivity contribution in [3.8, 4) is 5.75 Å². The molecule has 0 spiro atoms. The van der Waals surface area contributed by atoms with Crippen LogP contribution in [0.1, 0.15) is 30.5 Å². The fourth-order valence-electron chi connectivity index (χ4n) is 2.37. The predicted molar refractivity (Wildman–Crippen MR) is 74.8 cm³/mol. The first-order valence-electron chi connectivity index (χ1n) is 7.13. The maximum atomic E-state index is 5.63. The van der Waals surface area contributed by atoms with E-state index in [4.69, 9.17) is 9.26 Å². The molecule has 5 heteroatoms. The van der Waals surface area contributed by atoms with Crippen molar-refractivity contribution in [2.75, 3.05) is 19.7 Å². The fourth-order valence-corrected chi connectivity index (χ4v) is 2.37. The molecule has 0 unspecified atom stereocenters. The van der Waals surface area contributed by atoms with Gasteiger partial charge >= 0.3 is 0 Å². The Hall–Kier alpha value is -1.88. The molecule has 0 radical (unpaired) electrons. The number of nitrogens with zero attached hydrogens (tertiary/aromatic N) is 2. The van der Waals surface area contributed by atoms with Crippen LogP contribution in [0.3, 0.4) is 0 Å². The van der Waals surface area contributed by atoms with Gasteiger partial charge in [-0.3, -0.25) is 0 Å². The summed E-state index contributed by atoms with van der Waals surface area (Å²) >= 11 is 0. The maximum absolute atomic E-state index is 5.63. The Balaban J connectivity index is 1.50. The van der Waals surface area contributed by atoms with Crippen molar-refractivity contribution < 1.29 is 9.26 Å². The number of aromatic nitrogens is 2. The Morgan fingerprint density at radius 2 is 2.20 bits per heavy atom. The van der Waals surface area contributed by atoms with Gasteiger partial charge in [0.1, 0.15) is 5.75 Å². The summed E-state index contributed by atoms with van der Waals surface area (Å²) in [6.45, 7) is 2.58. The molecule has 1 aromatic carbocycles. The molecule has 0 bridgehead atoms. The van der Waals surface area contributed by atoms with Gasteiger partial charge < -0.3 is 14.6 Å². The third-order valence-electron chi connectivity index (χ3n) is 3.47. The zero-order chi connectivity index (χ0) is 13.6. The van der Waals surface area contributed by atoms with Crippen LogP contribution in [0.15, 0.2) is 34.9 Å². The molecule has 2 heterocycles. The van der Waals surface area contributed by atoms with Crippen molar-refractivity contribution in [3.05, 3.63) is 42.0 Å². The minimum atomic E-state index is 0.361. The molecule has 2 aromatic rings. The van der Waals surface area contributed by atoms with E-state index in [1.54, 1.807) is 0 Å². The maximum Gasteiger partial charge on any atom is 0.231 e. The van der Waals surface area contributed by atoms with E-state index >= 15 is 0 Å². The first-order chi connectivity index (χ1) is 9.92. The predicted octanol–water partition coefficient (Wildman–Crippen LogP) is 2.16. The molecule has 1 fully saturated rings. The minimum absolute atomic E-state index is 0.361. The number of rotatable bonds is 5. The number of hydrogen-bond acceptors (Lipinski definition) is 5. The summed E-state index contributed by atoms with van der Waals surface area (Å²) in [5.41, 5.74) is 0. The van der Waals surface area contributed by atoms with Crippen LogP contribution in [-0.2, 0) is 6.42 Å². The highest BCUT2D eigenvalue weighted by Crippen LogP contribution is 2.21. The summed E-state index contributed by atoms with van der Waals surface area (Å²) in [5, 5.41) is 7.38. The SMILES string of the molecule is c1ccc(OCCc2noc([C@@H]3CCCNC3)n2)cc1. The summed E-state index contributed by atoms with van der Waals surface area (Å²) in [6.07, 6.45) is 2.95. The van der Waals surface area contributed by atoms with Gasteiger partial charge in [-0.1, -0.05) is 23.4 Å². The molecular weight excluding hydrogens is 254 g/mol. The quantitative estimate of drug-likeness (QED) is 0.904. The minimum Gasteiger partial charge on any atom is -0.493 e. The molecule has 5 nitrogen and oxygen atoms in total. The van der Waals surface area contributed by atoms with Gasteiger partial charge in [0.25, 0.3) is 0 Å².